The number of amides is 3. The fourth-order valence-corrected chi connectivity index (χ4v) is 5.61. The van der Waals surface area contributed by atoms with E-state index < -0.39 is 48.5 Å². The van der Waals surface area contributed by atoms with E-state index in [-0.39, 0.29) is 48.7 Å². The summed E-state index contributed by atoms with van der Waals surface area (Å²) in [4.78, 5) is 77.8. The molecular weight excluding hydrogens is 674 g/mol. The lowest BCUT2D eigenvalue weighted by atomic mass is 9.91. The number of Topliss-reactive ketones (excluding diaryl/α,β-unsaturated/α-hetero) is 1. The van der Waals surface area contributed by atoms with Gasteiger partial charge in [0.05, 0.1) is 6.10 Å². The van der Waals surface area contributed by atoms with Crippen LogP contribution in [0, 0.1) is 24.7 Å². The molecule has 1 unspecified atom stereocenters. The molecule has 0 aromatic heterocycles. The van der Waals surface area contributed by atoms with Crippen LogP contribution >= 0.6 is 0 Å². The number of primary amides is 1. The molecular formula is C38H51N3O11. The van der Waals surface area contributed by atoms with E-state index >= 15 is 0 Å². The Kier molecular flexibility index (Phi) is 15.9. The number of carbonyl (C=O) groups is 6. The van der Waals surface area contributed by atoms with Crippen molar-refractivity contribution in [2.24, 2.45) is 23.5 Å². The smallest absolute Gasteiger partial charge is 0.486 e. The second kappa shape index (κ2) is 20.0. The number of esters is 1. The van der Waals surface area contributed by atoms with Crippen LogP contribution in [0.4, 0.5) is 9.59 Å². The lowest BCUT2D eigenvalue weighted by Crippen LogP contribution is -2.47. The summed E-state index contributed by atoms with van der Waals surface area (Å²) in [7, 11) is 0. The quantitative estimate of drug-likeness (QED) is 0.167. The predicted molar refractivity (Wildman–Crippen MR) is 189 cm³/mol. The molecule has 0 aliphatic carbocycles. The number of likely N-dealkylation sites (tertiary alicyclic amines) is 1. The van der Waals surface area contributed by atoms with Gasteiger partial charge in [-0.15, -0.1) is 0 Å². The standard InChI is InChI=1S/C38H51N3O11/c1-23(2)19-29(21-30(42)22-48-33-10-8-7-9-25(33)5)35(44)40-32(36(45)50-26(6)51-38(47)49-24(3)4)20-27-11-13-31(14-12-27)52-37(46)41-17-15-28(16-18-41)34(39)43/h7-14,23-24,26,28-29,32H,15-22H2,1-6H3,(H2,39,43)(H,40,44)/t26?,29-,32+/m1/s1. The van der Waals surface area contributed by atoms with E-state index in [0.717, 1.165) is 5.56 Å². The zero-order chi connectivity index (χ0) is 38.4. The van der Waals surface area contributed by atoms with E-state index in [4.69, 9.17) is 29.4 Å². The van der Waals surface area contributed by atoms with Gasteiger partial charge < -0.3 is 39.6 Å². The highest BCUT2D eigenvalue weighted by atomic mass is 16.8. The van der Waals surface area contributed by atoms with Crippen LogP contribution in [0.3, 0.4) is 0 Å². The van der Waals surface area contributed by atoms with Crippen LogP contribution in [0.15, 0.2) is 48.5 Å². The van der Waals surface area contributed by atoms with Crippen molar-refractivity contribution in [3.8, 4) is 11.5 Å². The number of piperidine rings is 1. The average molecular weight is 726 g/mol. The summed E-state index contributed by atoms with van der Waals surface area (Å²) >= 11 is 0. The summed E-state index contributed by atoms with van der Waals surface area (Å²) < 4.78 is 26.6. The summed E-state index contributed by atoms with van der Waals surface area (Å²) in [5.41, 5.74) is 6.84. The molecule has 284 valence electrons. The highest BCUT2D eigenvalue weighted by Gasteiger charge is 2.31. The summed E-state index contributed by atoms with van der Waals surface area (Å²) in [6.07, 6.45) is -2.25. The maximum Gasteiger partial charge on any atom is 0.511 e. The van der Waals surface area contributed by atoms with Gasteiger partial charge in [0.2, 0.25) is 18.1 Å². The minimum Gasteiger partial charge on any atom is -0.486 e. The molecule has 2 aromatic carbocycles. The Morgan fingerprint density at radius 3 is 2.13 bits per heavy atom. The van der Waals surface area contributed by atoms with E-state index in [0.29, 0.717) is 43.7 Å². The van der Waals surface area contributed by atoms with Crippen LogP contribution in [-0.4, -0.2) is 78.8 Å². The molecule has 1 fully saturated rings. The van der Waals surface area contributed by atoms with Crippen LogP contribution < -0.4 is 20.5 Å². The van der Waals surface area contributed by atoms with E-state index in [2.05, 4.69) is 5.32 Å². The molecule has 3 amide bonds. The zero-order valence-electron chi connectivity index (χ0n) is 30.8. The van der Waals surface area contributed by atoms with Gasteiger partial charge in [-0.05, 0) is 75.3 Å². The van der Waals surface area contributed by atoms with Crippen LogP contribution in [0.5, 0.6) is 11.5 Å². The number of para-hydroxylation sites is 1. The van der Waals surface area contributed by atoms with Gasteiger partial charge in [0, 0.05) is 44.7 Å². The third-order valence-electron chi connectivity index (χ3n) is 8.28. The predicted octanol–water partition coefficient (Wildman–Crippen LogP) is 4.87. The van der Waals surface area contributed by atoms with E-state index in [1.165, 1.54) is 11.8 Å². The van der Waals surface area contributed by atoms with Crippen molar-refractivity contribution in [3.05, 3.63) is 59.7 Å². The molecule has 0 radical (unpaired) electrons. The average Bonchev–Trinajstić information content (AvgIpc) is 3.07. The van der Waals surface area contributed by atoms with Crippen molar-refractivity contribution in [3.63, 3.8) is 0 Å². The van der Waals surface area contributed by atoms with E-state index in [9.17, 15) is 28.8 Å². The second-order valence-corrected chi connectivity index (χ2v) is 13.6. The summed E-state index contributed by atoms with van der Waals surface area (Å²) in [5.74, 6) is -2.24. The Morgan fingerprint density at radius 1 is 0.885 bits per heavy atom. The minimum absolute atomic E-state index is 0.0403. The third-order valence-corrected chi connectivity index (χ3v) is 8.28. The number of benzene rings is 2. The molecule has 0 saturated carbocycles. The third kappa shape index (κ3) is 13.9. The number of carbonyl (C=O) groups excluding carboxylic acids is 6. The van der Waals surface area contributed by atoms with Crippen molar-refractivity contribution in [2.45, 2.75) is 92.1 Å². The Bertz CT molecular complexity index is 1530. The number of aryl methyl sites for hydroxylation is 1. The van der Waals surface area contributed by atoms with Crippen molar-refractivity contribution >= 4 is 35.8 Å². The first-order chi connectivity index (χ1) is 24.6. The first-order valence-corrected chi connectivity index (χ1v) is 17.5. The summed E-state index contributed by atoms with van der Waals surface area (Å²) in [6.45, 7) is 10.8. The van der Waals surface area contributed by atoms with Crippen molar-refractivity contribution in [1.82, 2.24) is 10.2 Å². The first-order valence-electron chi connectivity index (χ1n) is 17.5. The number of ketones is 1. The van der Waals surface area contributed by atoms with Gasteiger partial charge in [-0.3, -0.25) is 14.4 Å². The molecule has 1 heterocycles. The van der Waals surface area contributed by atoms with Crippen LogP contribution in [0.25, 0.3) is 0 Å². The molecule has 52 heavy (non-hydrogen) atoms. The fourth-order valence-electron chi connectivity index (χ4n) is 5.61. The Morgan fingerprint density at radius 2 is 1.54 bits per heavy atom. The van der Waals surface area contributed by atoms with Gasteiger partial charge >= 0.3 is 18.2 Å². The maximum atomic E-state index is 13.7. The Labute approximate surface area is 304 Å². The lowest BCUT2D eigenvalue weighted by molar-refractivity contribution is -0.172. The molecule has 1 aliphatic heterocycles. The number of hydrogen-bond acceptors (Lipinski definition) is 11. The van der Waals surface area contributed by atoms with Gasteiger partial charge in [0.25, 0.3) is 0 Å². The van der Waals surface area contributed by atoms with E-state index in [1.54, 1.807) is 50.2 Å². The lowest BCUT2D eigenvalue weighted by Gasteiger charge is -2.29. The Balaban J connectivity index is 1.71. The maximum absolute atomic E-state index is 13.7. The van der Waals surface area contributed by atoms with Crippen molar-refractivity contribution in [1.29, 1.82) is 0 Å². The topological polar surface area (TPSA) is 190 Å². The van der Waals surface area contributed by atoms with Gasteiger partial charge in [0.15, 0.2) is 5.78 Å². The molecule has 14 nitrogen and oxygen atoms in total. The normalized spacial score (nSPS) is 14.9. The van der Waals surface area contributed by atoms with Gasteiger partial charge in [-0.1, -0.05) is 44.2 Å². The zero-order valence-corrected chi connectivity index (χ0v) is 30.8. The molecule has 3 atom stereocenters. The second-order valence-electron chi connectivity index (χ2n) is 13.6. The molecule has 14 heteroatoms. The largest absolute Gasteiger partial charge is 0.511 e. The summed E-state index contributed by atoms with van der Waals surface area (Å²) in [5, 5.41) is 2.75. The van der Waals surface area contributed by atoms with Gasteiger partial charge in [-0.25, -0.2) is 14.4 Å². The highest BCUT2D eigenvalue weighted by molar-refractivity contribution is 5.90. The monoisotopic (exact) mass is 725 g/mol. The fraction of sp³-hybridized carbons (Fsp3) is 0.526. The molecule has 0 spiro atoms. The molecule has 2 aromatic rings. The SMILES string of the molecule is Cc1ccccc1OCC(=O)C[C@@H](CC(C)C)C(=O)N[C@@H](Cc1ccc(OC(=O)N2CCC(C(N)=O)CC2)cc1)C(=O)OC(C)OC(=O)OC(C)C. The number of rotatable bonds is 17. The number of hydrogen-bond donors (Lipinski definition) is 2. The highest BCUT2D eigenvalue weighted by Crippen LogP contribution is 2.22. The van der Waals surface area contributed by atoms with Crippen molar-refractivity contribution < 1.29 is 52.5 Å². The molecule has 3 N–H and O–H groups in total. The number of nitrogens with one attached hydrogen (secondary N) is 1. The molecule has 1 aliphatic rings. The van der Waals surface area contributed by atoms with Crippen LogP contribution in [0.1, 0.15) is 71.4 Å². The van der Waals surface area contributed by atoms with Gasteiger partial charge in [-0.2, -0.15) is 0 Å². The van der Waals surface area contributed by atoms with Gasteiger partial charge in [0.1, 0.15) is 24.1 Å². The number of ether oxygens (including phenoxy) is 5. The van der Waals surface area contributed by atoms with Crippen LogP contribution in [-0.2, 0) is 39.8 Å². The minimum atomic E-state index is -1.33. The molecule has 1 saturated heterocycles. The number of nitrogens with two attached hydrogens (primary N) is 1. The van der Waals surface area contributed by atoms with E-state index in [1.807, 2.05) is 32.9 Å². The molecule has 3 rings (SSSR count). The number of nitrogens with zero attached hydrogens (tertiary/aromatic N) is 1. The first kappa shape index (κ1) is 41.3. The summed E-state index contributed by atoms with van der Waals surface area (Å²) in [6, 6.07) is 12.4. The van der Waals surface area contributed by atoms with Crippen molar-refractivity contribution in [2.75, 3.05) is 19.7 Å². The molecule has 0 bridgehead atoms. The van der Waals surface area contributed by atoms with Crippen LogP contribution in [0.2, 0.25) is 0 Å². The Hall–Kier alpha value is -5.14.